The van der Waals surface area contributed by atoms with E-state index in [1.807, 2.05) is 25.1 Å². The van der Waals surface area contributed by atoms with E-state index in [9.17, 15) is 4.79 Å². The molecular weight excluding hydrogens is 260 g/mol. The minimum Gasteiger partial charge on any atom is -0.385 e. The van der Waals surface area contributed by atoms with Crippen molar-refractivity contribution in [2.75, 3.05) is 11.9 Å². The molecule has 21 heavy (non-hydrogen) atoms. The molecule has 2 N–H and O–H groups in total. The Morgan fingerprint density at radius 1 is 1.29 bits per heavy atom. The third-order valence-electron chi connectivity index (χ3n) is 4.53. The van der Waals surface area contributed by atoms with E-state index in [2.05, 4.69) is 31.4 Å². The topological polar surface area (TPSA) is 41.1 Å². The van der Waals surface area contributed by atoms with Gasteiger partial charge < -0.3 is 10.6 Å². The molecule has 2 rings (SSSR count). The average Bonchev–Trinajstić information content (AvgIpc) is 2.41. The number of benzene rings is 1. The number of aryl methyl sites for hydroxylation is 1. The van der Waals surface area contributed by atoms with Gasteiger partial charge in [-0.15, -0.1) is 0 Å². The van der Waals surface area contributed by atoms with Gasteiger partial charge in [0.2, 0.25) is 0 Å². The van der Waals surface area contributed by atoms with Crippen LogP contribution in [0.15, 0.2) is 18.2 Å². The molecule has 1 saturated carbocycles. The highest BCUT2D eigenvalue weighted by Crippen LogP contribution is 2.35. The molecule has 116 valence electrons. The predicted molar refractivity (Wildman–Crippen MR) is 88.8 cm³/mol. The second kappa shape index (κ2) is 6.50. The molecule has 0 bridgehead atoms. The number of hydrogen-bond acceptors (Lipinski definition) is 2. The molecule has 0 saturated heterocycles. The Balaban J connectivity index is 1.97. The molecule has 1 aromatic carbocycles. The fraction of sp³-hybridized carbons (Fsp3) is 0.611. The molecule has 0 heterocycles. The summed E-state index contributed by atoms with van der Waals surface area (Å²) < 4.78 is 0. The fourth-order valence-corrected chi connectivity index (χ4v) is 3.04. The second-order valence-corrected chi connectivity index (χ2v) is 6.97. The highest BCUT2D eigenvalue weighted by Gasteiger charge is 2.27. The highest BCUT2D eigenvalue weighted by molar-refractivity contribution is 5.96. The zero-order chi connectivity index (χ0) is 15.5. The van der Waals surface area contributed by atoms with Gasteiger partial charge in [0.15, 0.2) is 0 Å². The van der Waals surface area contributed by atoms with Gasteiger partial charge in [-0.25, -0.2) is 0 Å². The quantitative estimate of drug-likeness (QED) is 0.875. The lowest BCUT2D eigenvalue weighted by Crippen LogP contribution is -2.39. The van der Waals surface area contributed by atoms with Crippen LogP contribution in [-0.4, -0.2) is 18.5 Å². The minimum atomic E-state index is 0.0697. The number of anilines is 1. The molecule has 3 heteroatoms. The van der Waals surface area contributed by atoms with Crippen molar-refractivity contribution in [2.24, 2.45) is 5.41 Å². The molecule has 0 unspecified atom stereocenters. The molecule has 0 aromatic heterocycles. The Labute approximate surface area is 128 Å². The normalized spacial score (nSPS) is 18.3. The van der Waals surface area contributed by atoms with Crippen LogP contribution in [-0.2, 0) is 0 Å². The summed E-state index contributed by atoms with van der Waals surface area (Å²) in [4.78, 5) is 12.4. The number of hydrogen-bond donors (Lipinski definition) is 2. The van der Waals surface area contributed by atoms with Crippen molar-refractivity contribution in [3.05, 3.63) is 29.3 Å². The molecule has 1 aromatic rings. The molecule has 1 aliphatic rings. The zero-order valence-electron chi connectivity index (χ0n) is 13.8. The van der Waals surface area contributed by atoms with E-state index >= 15 is 0 Å². The maximum absolute atomic E-state index is 12.4. The largest absolute Gasteiger partial charge is 0.385 e. The van der Waals surface area contributed by atoms with Crippen molar-refractivity contribution in [1.29, 1.82) is 0 Å². The Kier molecular flexibility index (Phi) is 4.92. The van der Waals surface area contributed by atoms with E-state index < -0.39 is 0 Å². The molecule has 1 aliphatic carbocycles. The smallest absolute Gasteiger partial charge is 0.251 e. The van der Waals surface area contributed by atoms with Crippen molar-refractivity contribution in [3.63, 3.8) is 0 Å². The summed E-state index contributed by atoms with van der Waals surface area (Å²) in [7, 11) is 0. The molecule has 0 aliphatic heterocycles. The molecule has 1 amide bonds. The van der Waals surface area contributed by atoms with Crippen molar-refractivity contribution in [2.45, 2.75) is 59.4 Å². The van der Waals surface area contributed by atoms with Gasteiger partial charge in [0, 0.05) is 23.8 Å². The number of nitrogens with one attached hydrogen (secondary N) is 2. The first-order chi connectivity index (χ1) is 9.91. The Morgan fingerprint density at radius 2 is 1.95 bits per heavy atom. The lowest BCUT2D eigenvalue weighted by molar-refractivity contribution is 0.0908. The maximum atomic E-state index is 12.4. The van der Waals surface area contributed by atoms with E-state index in [-0.39, 0.29) is 5.91 Å². The summed E-state index contributed by atoms with van der Waals surface area (Å²) in [5.41, 5.74) is 3.33. The predicted octanol–water partition coefficient (Wildman–Crippen LogP) is 4.13. The van der Waals surface area contributed by atoms with Gasteiger partial charge in [0.1, 0.15) is 0 Å². The van der Waals surface area contributed by atoms with Gasteiger partial charge in [-0.2, -0.15) is 0 Å². The van der Waals surface area contributed by atoms with E-state index in [1.54, 1.807) is 0 Å². The number of carbonyl (C=O) groups excluding carboxylic acids is 1. The monoisotopic (exact) mass is 288 g/mol. The van der Waals surface area contributed by atoms with Crippen LogP contribution in [0.25, 0.3) is 0 Å². The lowest BCUT2D eigenvalue weighted by atomic mass is 9.75. The van der Waals surface area contributed by atoms with Gasteiger partial charge in [-0.1, -0.05) is 13.8 Å². The van der Waals surface area contributed by atoms with Crippen LogP contribution in [0.2, 0.25) is 0 Å². The number of carbonyl (C=O) groups is 1. The van der Waals surface area contributed by atoms with Crippen LogP contribution in [0.5, 0.6) is 0 Å². The van der Waals surface area contributed by atoms with Gasteiger partial charge in [0.25, 0.3) is 5.91 Å². The fourth-order valence-electron chi connectivity index (χ4n) is 3.04. The van der Waals surface area contributed by atoms with E-state index in [4.69, 9.17) is 0 Å². The van der Waals surface area contributed by atoms with Crippen LogP contribution >= 0.6 is 0 Å². The molecule has 0 atom stereocenters. The van der Waals surface area contributed by atoms with E-state index in [0.717, 1.165) is 36.2 Å². The van der Waals surface area contributed by atoms with Gasteiger partial charge in [-0.05, 0) is 68.7 Å². The van der Waals surface area contributed by atoms with E-state index in [0.29, 0.717) is 11.5 Å². The van der Waals surface area contributed by atoms with Crippen LogP contribution in [0.3, 0.4) is 0 Å². The molecule has 0 radical (unpaired) electrons. The summed E-state index contributed by atoms with van der Waals surface area (Å²) in [6.45, 7) is 9.59. The summed E-state index contributed by atoms with van der Waals surface area (Å²) >= 11 is 0. The Hall–Kier alpha value is -1.51. The van der Waals surface area contributed by atoms with Gasteiger partial charge >= 0.3 is 0 Å². The van der Waals surface area contributed by atoms with Gasteiger partial charge in [-0.3, -0.25) is 4.79 Å². The standard InChI is InChI=1S/C18H28N2O/c1-5-19-15-6-7-16(13(2)12-15)17(21)20-14-8-10-18(3,4)11-9-14/h6-7,12,14,19H,5,8-11H2,1-4H3,(H,20,21). The molecule has 1 fully saturated rings. The van der Waals surface area contributed by atoms with Gasteiger partial charge in [0.05, 0.1) is 0 Å². The SMILES string of the molecule is CCNc1ccc(C(=O)NC2CCC(C)(C)CC2)c(C)c1. The van der Waals surface area contributed by atoms with Crippen molar-refractivity contribution in [3.8, 4) is 0 Å². The van der Waals surface area contributed by atoms with Crippen molar-refractivity contribution < 1.29 is 4.79 Å². The third kappa shape index (κ3) is 4.23. The first-order valence-electron chi connectivity index (χ1n) is 8.07. The summed E-state index contributed by atoms with van der Waals surface area (Å²) in [5.74, 6) is 0.0697. The number of rotatable bonds is 4. The molecule has 0 spiro atoms. The maximum Gasteiger partial charge on any atom is 0.251 e. The molecule has 3 nitrogen and oxygen atoms in total. The minimum absolute atomic E-state index is 0.0697. The Morgan fingerprint density at radius 3 is 2.52 bits per heavy atom. The zero-order valence-corrected chi connectivity index (χ0v) is 13.8. The summed E-state index contributed by atoms with van der Waals surface area (Å²) in [6, 6.07) is 6.28. The average molecular weight is 288 g/mol. The van der Waals surface area contributed by atoms with Crippen LogP contribution in [0.4, 0.5) is 5.69 Å². The molecular formula is C18H28N2O. The lowest BCUT2D eigenvalue weighted by Gasteiger charge is -2.34. The third-order valence-corrected chi connectivity index (χ3v) is 4.53. The van der Waals surface area contributed by atoms with Crippen LogP contribution in [0.1, 0.15) is 62.4 Å². The first kappa shape index (κ1) is 15.9. The highest BCUT2D eigenvalue weighted by atomic mass is 16.1. The Bertz CT molecular complexity index is 498. The van der Waals surface area contributed by atoms with E-state index in [1.165, 1.54) is 12.8 Å². The summed E-state index contributed by atoms with van der Waals surface area (Å²) in [5, 5.41) is 6.48. The second-order valence-electron chi connectivity index (χ2n) is 6.97. The first-order valence-corrected chi connectivity index (χ1v) is 8.07. The van der Waals surface area contributed by atoms with Crippen molar-refractivity contribution >= 4 is 11.6 Å². The van der Waals surface area contributed by atoms with Crippen LogP contribution < -0.4 is 10.6 Å². The van der Waals surface area contributed by atoms with Crippen molar-refractivity contribution in [1.82, 2.24) is 5.32 Å². The van der Waals surface area contributed by atoms with Crippen LogP contribution in [0, 0.1) is 12.3 Å². The number of amides is 1. The summed E-state index contributed by atoms with van der Waals surface area (Å²) in [6.07, 6.45) is 4.56.